The van der Waals surface area contributed by atoms with Gasteiger partial charge in [-0.15, -0.1) is 0 Å². The lowest BCUT2D eigenvalue weighted by molar-refractivity contribution is -0.0571. The van der Waals surface area contributed by atoms with Crippen LogP contribution in [0.3, 0.4) is 0 Å². The van der Waals surface area contributed by atoms with Crippen LogP contribution in [0.15, 0.2) is 23.8 Å². The minimum Gasteiger partial charge on any atom is -0.407 e. The van der Waals surface area contributed by atoms with Gasteiger partial charge in [-0.25, -0.2) is 29.1 Å². The number of aromatic nitrogens is 8. The molecule has 0 amide bonds. The fourth-order valence-electron chi connectivity index (χ4n) is 7.94. The van der Waals surface area contributed by atoms with Crippen molar-refractivity contribution in [2.75, 3.05) is 24.7 Å². The van der Waals surface area contributed by atoms with Gasteiger partial charge >= 0.3 is 15.6 Å². The molecule has 2 saturated carbocycles. The molecule has 21 nitrogen and oxygen atoms in total. The summed E-state index contributed by atoms with van der Waals surface area (Å²) in [6.07, 6.45) is -1.19. The highest BCUT2D eigenvalue weighted by Crippen LogP contribution is 2.70. The fraction of sp³-hybridized carbons (Fsp3) is 0.655. The van der Waals surface area contributed by atoms with Gasteiger partial charge in [0.15, 0.2) is 37.2 Å². The van der Waals surface area contributed by atoms with Crippen molar-refractivity contribution in [3.8, 4) is 0 Å². The predicted octanol–water partition coefficient (Wildman–Crippen LogP) is 2.41. The maximum atomic E-state index is 13.9. The number of nitrogens with two attached hydrogens (primary N) is 2. The van der Waals surface area contributed by atoms with Crippen LogP contribution in [0.2, 0.25) is 18.1 Å². The monoisotopic (exact) mass is 796 g/mol. The Bertz CT molecular complexity index is 2260. The summed E-state index contributed by atoms with van der Waals surface area (Å²) in [6, 6.07) is 0. The number of nitrogen functional groups attached to an aromatic ring is 2. The number of hydrogen-bond acceptors (Lipinski definition) is 16. The van der Waals surface area contributed by atoms with Crippen LogP contribution in [0.4, 0.5) is 11.8 Å². The van der Waals surface area contributed by atoms with Crippen molar-refractivity contribution in [2.24, 2.45) is 17.8 Å². The second-order valence-electron chi connectivity index (χ2n) is 15.7. The second kappa shape index (κ2) is 12.2. The molecule has 6 heterocycles. The summed E-state index contributed by atoms with van der Waals surface area (Å²) in [4.78, 5) is 58.9. The Morgan fingerprint density at radius 2 is 1.68 bits per heavy atom. The van der Waals surface area contributed by atoms with Gasteiger partial charge in [0.1, 0.15) is 30.2 Å². The van der Waals surface area contributed by atoms with E-state index >= 15 is 0 Å². The number of phosphoric ester groups is 2. The zero-order chi connectivity index (χ0) is 38.0. The summed E-state index contributed by atoms with van der Waals surface area (Å²) in [7, 11) is -12.5. The molecule has 4 aliphatic rings. The van der Waals surface area contributed by atoms with E-state index < -0.39 is 84.1 Å². The molecule has 0 bridgehead atoms. The highest BCUT2D eigenvalue weighted by atomic mass is 31.2. The Labute approximate surface area is 303 Å². The topological polar surface area (TPSA) is 289 Å². The van der Waals surface area contributed by atoms with Gasteiger partial charge in [-0.1, -0.05) is 27.7 Å². The van der Waals surface area contributed by atoms with Crippen molar-refractivity contribution in [3.63, 3.8) is 0 Å². The normalized spacial score (nSPS) is 37.9. The lowest BCUT2D eigenvalue weighted by Crippen LogP contribution is -2.49. The molecule has 4 aromatic heterocycles. The second-order valence-corrected chi connectivity index (χ2v) is 23.2. The predicted molar refractivity (Wildman–Crippen MR) is 188 cm³/mol. The van der Waals surface area contributed by atoms with Crippen molar-refractivity contribution in [1.82, 2.24) is 39.0 Å². The summed E-state index contributed by atoms with van der Waals surface area (Å²) in [5.74, 6) is -1.31. The first kappa shape index (κ1) is 36.8. The highest BCUT2D eigenvalue weighted by molar-refractivity contribution is 7.47. The Morgan fingerprint density at radius 3 is 2.40 bits per heavy atom. The fourth-order valence-corrected chi connectivity index (χ4v) is 11.3. The van der Waals surface area contributed by atoms with Gasteiger partial charge in [0.2, 0.25) is 5.95 Å². The molecule has 24 heteroatoms. The Hall–Kier alpha value is -3.14. The van der Waals surface area contributed by atoms with Gasteiger partial charge in [0.05, 0.1) is 37.5 Å². The zero-order valence-electron chi connectivity index (χ0n) is 29.7. The van der Waals surface area contributed by atoms with Crippen LogP contribution in [-0.2, 0) is 41.9 Å². The number of anilines is 2. The quantitative estimate of drug-likeness (QED) is 0.146. The molecular weight excluding hydrogens is 754 g/mol. The van der Waals surface area contributed by atoms with Gasteiger partial charge in [0.25, 0.3) is 5.56 Å². The Morgan fingerprint density at radius 1 is 1.00 bits per heavy atom. The van der Waals surface area contributed by atoms with Crippen LogP contribution in [-0.4, -0.2) is 94.8 Å². The summed E-state index contributed by atoms with van der Waals surface area (Å²) in [5, 5.41) is -0.355. The van der Waals surface area contributed by atoms with Crippen LogP contribution < -0.4 is 17.0 Å². The first-order valence-electron chi connectivity index (χ1n) is 17.0. The number of phosphoric acid groups is 2. The van der Waals surface area contributed by atoms with Crippen LogP contribution in [0, 0.1) is 17.8 Å². The van der Waals surface area contributed by atoms with Crippen molar-refractivity contribution in [1.29, 1.82) is 0 Å². The van der Waals surface area contributed by atoms with Crippen molar-refractivity contribution < 1.29 is 46.2 Å². The van der Waals surface area contributed by atoms with Crippen molar-refractivity contribution in [3.05, 3.63) is 29.3 Å². The molecule has 0 spiro atoms. The first-order chi connectivity index (χ1) is 24.7. The SMILES string of the molecule is C[C@@H]1[C@@H]2OP(=O)(O)OC[C@H]3O[C@@H](n4cnc5c(=O)[nH]c(N)nc54)[C@H](O[Si](C)(C)C(C)(C)C)[C@@H]3OP(=O)(O)OC[C@H]2[C@@H]2CC12n1cnc2c(N)ncnc21. The average molecular weight is 797 g/mol. The van der Waals surface area contributed by atoms with Gasteiger partial charge in [-0.3, -0.25) is 32.4 Å². The van der Waals surface area contributed by atoms with Crippen molar-refractivity contribution in [2.45, 2.75) is 88.4 Å². The molecule has 11 atom stereocenters. The lowest BCUT2D eigenvalue weighted by atomic mass is 9.94. The van der Waals surface area contributed by atoms with E-state index in [1.54, 1.807) is 6.33 Å². The minimum absolute atomic E-state index is 0.0437. The largest absolute Gasteiger partial charge is 0.472 e. The number of nitrogens with one attached hydrogen (secondary N) is 1. The number of hydrogen-bond donors (Lipinski definition) is 5. The van der Waals surface area contributed by atoms with Crippen LogP contribution in [0.5, 0.6) is 0 Å². The Kier molecular flexibility index (Phi) is 8.46. The molecule has 2 aliphatic heterocycles. The number of H-pyrrole nitrogens is 1. The number of nitrogens with zero attached hydrogens (tertiary/aromatic N) is 7. The molecular formula is C29H42N10O11P2Si. The zero-order valence-corrected chi connectivity index (χ0v) is 32.5. The van der Waals surface area contributed by atoms with Crippen LogP contribution >= 0.6 is 15.6 Å². The molecule has 4 fully saturated rings. The first-order valence-corrected chi connectivity index (χ1v) is 22.9. The van der Waals surface area contributed by atoms with Crippen molar-refractivity contribution >= 4 is 58.1 Å². The van der Waals surface area contributed by atoms with E-state index in [1.165, 1.54) is 17.2 Å². The van der Waals surface area contributed by atoms with Gasteiger partial charge < -0.3 is 35.0 Å². The van der Waals surface area contributed by atoms with Crippen LogP contribution in [0.25, 0.3) is 22.3 Å². The number of imidazole rings is 2. The number of fused-ring (bicyclic) bond motifs is 6. The molecule has 0 aromatic carbocycles. The van der Waals surface area contributed by atoms with E-state index in [1.807, 2.05) is 45.4 Å². The summed E-state index contributed by atoms with van der Waals surface area (Å²) in [6.45, 7) is 10.8. The number of rotatable bonds is 4. The summed E-state index contributed by atoms with van der Waals surface area (Å²) < 4.78 is 67.3. The lowest BCUT2D eigenvalue weighted by Gasteiger charge is -2.40. The maximum absolute atomic E-state index is 13.9. The third-order valence-electron chi connectivity index (χ3n) is 11.6. The van der Waals surface area contributed by atoms with E-state index in [9.17, 15) is 23.7 Å². The molecule has 8 rings (SSSR count). The molecule has 4 aromatic rings. The van der Waals surface area contributed by atoms with Gasteiger partial charge in [-0.05, 0) is 30.5 Å². The van der Waals surface area contributed by atoms with Gasteiger partial charge in [-0.2, -0.15) is 4.98 Å². The Balaban J connectivity index is 1.15. The van der Waals surface area contributed by atoms with Crippen LogP contribution in [0.1, 0.15) is 40.3 Å². The van der Waals surface area contributed by atoms with E-state index in [0.29, 0.717) is 17.6 Å². The molecule has 2 aliphatic carbocycles. The van der Waals surface area contributed by atoms with E-state index in [4.69, 9.17) is 38.7 Å². The molecule has 2 saturated heterocycles. The molecule has 3 unspecified atom stereocenters. The number of aromatic amines is 1. The summed E-state index contributed by atoms with van der Waals surface area (Å²) >= 11 is 0. The third-order valence-corrected chi connectivity index (χ3v) is 18.1. The minimum atomic E-state index is -4.92. The average Bonchev–Trinajstić information content (AvgIpc) is 3.32. The standard InChI is InChI=1S/C29H42N10O11P2Si/c1-13-19-14(15-7-29(13,15)39-12-35-17-22(30)32-10-33-23(17)39)8-45-51(41,42)49-20-16(9-46-52(43,44)48-19)47-26(21(20)50-53(5,6)28(2,3)4)38-11-34-18-24(38)36-27(31)37-25(18)40/h10-16,19-21,26H,7-9H2,1-6H3,(H,41,42)(H,43,44)(H2,30,32,33)(H3,31,36,37,40)/t13-,14+,15+,16-,19+,20-,21-,26-,29?/m1/s1. The number of ether oxygens (including phenoxy) is 1. The smallest absolute Gasteiger partial charge is 0.407 e. The van der Waals surface area contributed by atoms with E-state index in [2.05, 4.69) is 29.9 Å². The molecule has 7 N–H and O–H groups in total. The highest BCUT2D eigenvalue weighted by Gasteiger charge is 2.72. The molecule has 0 radical (unpaired) electrons. The molecule has 288 valence electrons. The van der Waals surface area contributed by atoms with E-state index in [-0.39, 0.29) is 40.5 Å². The molecule has 53 heavy (non-hydrogen) atoms. The van der Waals surface area contributed by atoms with E-state index in [0.717, 1.165) is 0 Å². The third kappa shape index (κ3) is 5.99. The van der Waals surface area contributed by atoms with Gasteiger partial charge in [0, 0.05) is 11.8 Å². The maximum Gasteiger partial charge on any atom is 0.472 e. The summed E-state index contributed by atoms with van der Waals surface area (Å²) in [5.41, 5.74) is 11.5.